The fraction of sp³-hybridized carbons (Fsp3) is 0.150. The van der Waals surface area contributed by atoms with Gasteiger partial charge >= 0.3 is 0 Å². The lowest BCUT2D eigenvalue weighted by Crippen LogP contribution is -2.20. The Balaban J connectivity index is 1.77. The van der Waals surface area contributed by atoms with Crippen LogP contribution in [-0.2, 0) is 6.54 Å². The summed E-state index contributed by atoms with van der Waals surface area (Å²) >= 11 is 6.04. The van der Waals surface area contributed by atoms with Gasteiger partial charge in [0.1, 0.15) is 5.82 Å². The molecule has 3 aromatic rings. The summed E-state index contributed by atoms with van der Waals surface area (Å²) in [6.45, 7) is 0.613. The van der Waals surface area contributed by atoms with E-state index in [9.17, 15) is 9.59 Å². The third kappa shape index (κ3) is 2.80. The van der Waals surface area contributed by atoms with E-state index in [1.54, 1.807) is 41.9 Å². The van der Waals surface area contributed by atoms with Gasteiger partial charge in [0.25, 0.3) is 11.5 Å². The van der Waals surface area contributed by atoms with Crippen LogP contribution in [0.2, 0.25) is 5.02 Å². The third-order valence-corrected chi connectivity index (χ3v) is 4.79. The highest BCUT2D eigenvalue weighted by atomic mass is 35.5. The minimum absolute atomic E-state index is 0.0416. The number of halogens is 1. The lowest BCUT2D eigenvalue weighted by Gasteiger charge is -2.06. The molecular weight excluding hydrogens is 350 g/mol. The van der Waals surface area contributed by atoms with Gasteiger partial charge in [-0.2, -0.15) is 0 Å². The number of carbonyl (C=O) groups is 1. The predicted molar refractivity (Wildman–Crippen MR) is 103 cm³/mol. The summed E-state index contributed by atoms with van der Waals surface area (Å²) in [5, 5.41) is 3.74. The molecule has 1 aromatic heterocycles. The molecule has 130 valence electrons. The first-order chi connectivity index (χ1) is 12.6. The summed E-state index contributed by atoms with van der Waals surface area (Å²) in [4.78, 5) is 29.0. The van der Waals surface area contributed by atoms with E-state index in [0.29, 0.717) is 33.9 Å². The van der Waals surface area contributed by atoms with Crippen LogP contribution in [0.4, 0.5) is 0 Å². The Morgan fingerprint density at radius 2 is 2.00 bits per heavy atom. The molecule has 0 aliphatic carbocycles. The number of nitrogens with zero attached hydrogens (tertiary/aromatic N) is 2. The van der Waals surface area contributed by atoms with Crippen LogP contribution in [0, 0.1) is 0 Å². The van der Waals surface area contributed by atoms with Crippen molar-refractivity contribution in [3.05, 3.63) is 74.8 Å². The SMILES string of the molecule is CNC(=O)c1ccc(C=C2CCn3c2nc2cc(Cl)ccc2c3=O)cc1. The lowest BCUT2D eigenvalue weighted by molar-refractivity contribution is 0.0963. The number of amides is 1. The van der Waals surface area contributed by atoms with Crippen molar-refractivity contribution in [2.24, 2.45) is 0 Å². The summed E-state index contributed by atoms with van der Waals surface area (Å²) in [5.41, 5.74) is 3.13. The van der Waals surface area contributed by atoms with Gasteiger partial charge in [0, 0.05) is 24.2 Å². The minimum Gasteiger partial charge on any atom is -0.355 e. The van der Waals surface area contributed by atoms with Crippen LogP contribution in [0.5, 0.6) is 0 Å². The molecule has 0 radical (unpaired) electrons. The first-order valence-electron chi connectivity index (χ1n) is 8.30. The number of hydrogen-bond donors (Lipinski definition) is 1. The molecule has 0 saturated carbocycles. The zero-order valence-electron chi connectivity index (χ0n) is 14.1. The Kier molecular flexibility index (Phi) is 4.09. The molecule has 4 rings (SSSR count). The number of carbonyl (C=O) groups excluding carboxylic acids is 1. The standard InChI is InChI=1S/C20H16ClN3O2/c1-22-19(25)13-4-2-12(3-5-13)10-14-8-9-24-18(14)23-17-11-15(21)6-7-16(17)20(24)26/h2-7,10-11H,8-9H2,1H3,(H,22,25). The van der Waals surface area contributed by atoms with Crippen LogP contribution in [0.25, 0.3) is 22.6 Å². The topological polar surface area (TPSA) is 64.0 Å². The van der Waals surface area contributed by atoms with Crippen LogP contribution in [0.1, 0.15) is 28.2 Å². The van der Waals surface area contributed by atoms with Crippen LogP contribution in [-0.4, -0.2) is 22.5 Å². The predicted octanol–water partition coefficient (Wildman–Crippen LogP) is 3.35. The van der Waals surface area contributed by atoms with Crippen LogP contribution < -0.4 is 10.9 Å². The van der Waals surface area contributed by atoms with Crippen molar-refractivity contribution >= 4 is 40.1 Å². The maximum Gasteiger partial charge on any atom is 0.261 e. The number of rotatable bonds is 2. The second kappa shape index (κ2) is 6.42. The molecule has 0 atom stereocenters. The number of benzene rings is 2. The normalized spacial score (nSPS) is 14.6. The highest BCUT2D eigenvalue weighted by molar-refractivity contribution is 6.31. The largest absolute Gasteiger partial charge is 0.355 e. The average molecular weight is 366 g/mol. The summed E-state index contributed by atoms with van der Waals surface area (Å²) in [6.07, 6.45) is 2.75. The van der Waals surface area contributed by atoms with E-state index in [-0.39, 0.29) is 11.5 Å². The molecule has 6 heteroatoms. The maximum absolute atomic E-state index is 12.7. The Labute approximate surface area is 154 Å². The summed E-state index contributed by atoms with van der Waals surface area (Å²) in [6, 6.07) is 12.5. The van der Waals surface area contributed by atoms with E-state index in [1.807, 2.05) is 18.2 Å². The van der Waals surface area contributed by atoms with E-state index in [1.165, 1.54) is 0 Å². The molecule has 0 spiro atoms. The van der Waals surface area contributed by atoms with Crippen molar-refractivity contribution in [1.29, 1.82) is 0 Å². The van der Waals surface area contributed by atoms with E-state index in [0.717, 1.165) is 17.6 Å². The molecule has 5 nitrogen and oxygen atoms in total. The molecule has 26 heavy (non-hydrogen) atoms. The van der Waals surface area contributed by atoms with Gasteiger partial charge in [-0.3, -0.25) is 14.2 Å². The van der Waals surface area contributed by atoms with E-state index >= 15 is 0 Å². The zero-order valence-corrected chi connectivity index (χ0v) is 14.9. The second-order valence-corrected chi connectivity index (χ2v) is 6.61. The molecule has 0 bridgehead atoms. The van der Waals surface area contributed by atoms with Crippen molar-refractivity contribution in [1.82, 2.24) is 14.9 Å². The first-order valence-corrected chi connectivity index (χ1v) is 8.68. The number of hydrogen-bond acceptors (Lipinski definition) is 3. The first kappa shape index (κ1) is 16.5. The zero-order chi connectivity index (χ0) is 18.3. The van der Waals surface area contributed by atoms with Gasteiger partial charge in [0.15, 0.2) is 0 Å². The molecule has 1 N–H and O–H groups in total. The highest BCUT2D eigenvalue weighted by Gasteiger charge is 2.21. The molecule has 1 aliphatic heterocycles. The van der Waals surface area contributed by atoms with Gasteiger partial charge in [-0.1, -0.05) is 23.7 Å². The summed E-state index contributed by atoms with van der Waals surface area (Å²) < 4.78 is 1.71. The van der Waals surface area contributed by atoms with Crippen LogP contribution in [0.15, 0.2) is 47.3 Å². The fourth-order valence-corrected chi connectivity index (χ4v) is 3.37. The van der Waals surface area contributed by atoms with Crippen LogP contribution in [0.3, 0.4) is 0 Å². The van der Waals surface area contributed by atoms with Gasteiger partial charge < -0.3 is 5.32 Å². The van der Waals surface area contributed by atoms with Crippen molar-refractivity contribution in [2.75, 3.05) is 7.05 Å². The molecule has 0 saturated heterocycles. The number of nitrogens with one attached hydrogen (secondary N) is 1. The van der Waals surface area contributed by atoms with Gasteiger partial charge in [0.2, 0.25) is 0 Å². The van der Waals surface area contributed by atoms with Crippen molar-refractivity contribution in [3.63, 3.8) is 0 Å². The fourth-order valence-electron chi connectivity index (χ4n) is 3.20. The molecule has 0 fully saturated rings. The van der Waals surface area contributed by atoms with Gasteiger partial charge in [-0.15, -0.1) is 0 Å². The van der Waals surface area contributed by atoms with E-state index in [2.05, 4.69) is 10.3 Å². The molecule has 2 aromatic carbocycles. The monoisotopic (exact) mass is 365 g/mol. The number of fused-ring (bicyclic) bond motifs is 2. The Morgan fingerprint density at radius 1 is 1.23 bits per heavy atom. The average Bonchev–Trinajstić information content (AvgIpc) is 3.04. The van der Waals surface area contributed by atoms with Gasteiger partial charge in [-0.05, 0) is 54.0 Å². The molecule has 1 amide bonds. The molecule has 0 unspecified atom stereocenters. The molecular formula is C20H16ClN3O2. The Bertz CT molecular complexity index is 1110. The third-order valence-electron chi connectivity index (χ3n) is 4.55. The number of allylic oxidation sites excluding steroid dienone is 1. The number of aromatic nitrogens is 2. The lowest BCUT2D eigenvalue weighted by atomic mass is 10.1. The Morgan fingerprint density at radius 3 is 2.73 bits per heavy atom. The summed E-state index contributed by atoms with van der Waals surface area (Å²) in [5.74, 6) is 0.562. The van der Waals surface area contributed by atoms with Gasteiger partial charge in [0.05, 0.1) is 10.9 Å². The van der Waals surface area contributed by atoms with Crippen molar-refractivity contribution < 1.29 is 4.79 Å². The quantitative estimate of drug-likeness (QED) is 0.757. The van der Waals surface area contributed by atoms with Gasteiger partial charge in [-0.25, -0.2) is 4.98 Å². The van der Waals surface area contributed by atoms with Crippen molar-refractivity contribution in [3.8, 4) is 0 Å². The molecule has 1 aliphatic rings. The second-order valence-electron chi connectivity index (χ2n) is 6.17. The van der Waals surface area contributed by atoms with Crippen molar-refractivity contribution in [2.45, 2.75) is 13.0 Å². The van der Waals surface area contributed by atoms with E-state index in [4.69, 9.17) is 11.6 Å². The van der Waals surface area contributed by atoms with E-state index < -0.39 is 0 Å². The maximum atomic E-state index is 12.7. The minimum atomic E-state index is -0.119. The highest BCUT2D eigenvalue weighted by Crippen LogP contribution is 2.28. The molecule has 2 heterocycles. The summed E-state index contributed by atoms with van der Waals surface area (Å²) in [7, 11) is 1.60. The smallest absolute Gasteiger partial charge is 0.261 e. The Hall–Kier alpha value is -2.92. The van der Waals surface area contributed by atoms with Crippen LogP contribution >= 0.6 is 11.6 Å².